The molecule has 1 aromatic rings. The molecule has 1 aromatic heterocycles. The molecule has 0 aromatic carbocycles. The fraction of sp³-hybridized carbons (Fsp3) is 0.583. The van der Waals surface area contributed by atoms with Gasteiger partial charge in [0.05, 0.1) is 11.1 Å². The Morgan fingerprint density at radius 1 is 1.56 bits per heavy atom. The highest BCUT2D eigenvalue weighted by Gasteiger charge is 2.31. The smallest absolute Gasteiger partial charge is 0.309 e. The number of carboxylic acids is 1. The molecular weight excluding hydrogens is 252 g/mol. The largest absolute Gasteiger partial charge is 0.481 e. The standard InChI is InChI=1S/C12H16N2O3S/c1-12(2,10(16)17)5-9(15)14-11-13-8(6-18-11)7-3-4-7/h6-7H,3-5H2,1-2H3,(H,16,17)(H,13,14,15). The van der Waals surface area contributed by atoms with Gasteiger partial charge in [0.15, 0.2) is 5.13 Å². The lowest BCUT2D eigenvalue weighted by Crippen LogP contribution is -2.29. The van der Waals surface area contributed by atoms with E-state index in [9.17, 15) is 9.59 Å². The number of carbonyl (C=O) groups excluding carboxylic acids is 1. The van der Waals surface area contributed by atoms with Crippen molar-refractivity contribution in [1.29, 1.82) is 0 Å². The van der Waals surface area contributed by atoms with Crippen LogP contribution in [0.3, 0.4) is 0 Å². The first kappa shape index (κ1) is 13.0. The molecule has 98 valence electrons. The number of rotatable bonds is 5. The van der Waals surface area contributed by atoms with Gasteiger partial charge in [-0.3, -0.25) is 9.59 Å². The van der Waals surface area contributed by atoms with Crippen LogP contribution in [0.25, 0.3) is 0 Å². The van der Waals surface area contributed by atoms with Gasteiger partial charge in [-0.1, -0.05) is 0 Å². The Labute approximate surface area is 109 Å². The lowest BCUT2D eigenvalue weighted by atomic mass is 9.89. The molecule has 0 atom stereocenters. The van der Waals surface area contributed by atoms with Crippen molar-refractivity contribution in [2.45, 2.75) is 39.0 Å². The maximum Gasteiger partial charge on any atom is 0.309 e. The Bertz CT molecular complexity index is 477. The zero-order valence-corrected chi connectivity index (χ0v) is 11.2. The molecule has 6 heteroatoms. The molecule has 0 saturated heterocycles. The maximum atomic E-state index is 11.7. The quantitative estimate of drug-likeness (QED) is 0.859. The van der Waals surface area contributed by atoms with Gasteiger partial charge in [-0.15, -0.1) is 11.3 Å². The fourth-order valence-corrected chi connectivity index (χ4v) is 2.36. The predicted octanol–water partition coefficient (Wildman–Crippen LogP) is 2.46. The molecule has 0 bridgehead atoms. The molecule has 1 saturated carbocycles. The molecule has 0 aliphatic heterocycles. The van der Waals surface area contributed by atoms with Crippen LogP contribution in [-0.4, -0.2) is 22.0 Å². The number of nitrogens with zero attached hydrogens (tertiary/aromatic N) is 1. The Kier molecular flexibility index (Phi) is 3.38. The van der Waals surface area contributed by atoms with Gasteiger partial charge in [0.1, 0.15) is 0 Å². The molecule has 1 fully saturated rings. The van der Waals surface area contributed by atoms with E-state index in [1.807, 2.05) is 5.38 Å². The van der Waals surface area contributed by atoms with E-state index in [0.29, 0.717) is 11.0 Å². The molecule has 0 spiro atoms. The third kappa shape index (κ3) is 3.07. The van der Waals surface area contributed by atoms with Gasteiger partial charge in [0.25, 0.3) is 0 Å². The number of aromatic nitrogens is 1. The Morgan fingerprint density at radius 3 is 2.78 bits per heavy atom. The van der Waals surface area contributed by atoms with E-state index in [0.717, 1.165) is 5.69 Å². The highest BCUT2D eigenvalue weighted by atomic mass is 32.1. The van der Waals surface area contributed by atoms with Gasteiger partial charge in [-0.2, -0.15) is 0 Å². The summed E-state index contributed by atoms with van der Waals surface area (Å²) in [5.74, 6) is -0.725. The zero-order chi connectivity index (χ0) is 13.3. The van der Waals surface area contributed by atoms with Crippen molar-refractivity contribution in [3.8, 4) is 0 Å². The fourth-order valence-electron chi connectivity index (χ4n) is 1.55. The number of nitrogens with one attached hydrogen (secondary N) is 1. The van der Waals surface area contributed by atoms with Crippen LogP contribution in [0.1, 0.15) is 44.7 Å². The Hall–Kier alpha value is -1.43. The van der Waals surface area contributed by atoms with Crippen molar-refractivity contribution in [3.05, 3.63) is 11.1 Å². The predicted molar refractivity (Wildman–Crippen MR) is 68.8 cm³/mol. The molecular formula is C12H16N2O3S. The number of thiazole rings is 1. The molecule has 1 heterocycles. The van der Waals surface area contributed by atoms with Crippen LogP contribution >= 0.6 is 11.3 Å². The minimum absolute atomic E-state index is 0.0549. The van der Waals surface area contributed by atoms with Crippen molar-refractivity contribution in [3.63, 3.8) is 0 Å². The van der Waals surface area contributed by atoms with Crippen molar-refractivity contribution in [1.82, 2.24) is 4.98 Å². The third-order valence-electron chi connectivity index (χ3n) is 2.95. The average Bonchev–Trinajstić information content (AvgIpc) is 2.99. The number of aliphatic carboxylic acids is 1. The molecule has 0 unspecified atom stereocenters. The molecule has 1 aliphatic rings. The molecule has 5 nitrogen and oxygen atoms in total. The van der Waals surface area contributed by atoms with Crippen LogP contribution in [0.15, 0.2) is 5.38 Å². The second-order valence-electron chi connectivity index (χ2n) is 5.27. The van der Waals surface area contributed by atoms with Crippen LogP contribution in [0, 0.1) is 5.41 Å². The van der Waals surface area contributed by atoms with E-state index in [4.69, 9.17) is 5.11 Å². The summed E-state index contributed by atoms with van der Waals surface area (Å²) in [6.45, 7) is 3.07. The van der Waals surface area contributed by atoms with Crippen LogP contribution in [-0.2, 0) is 9.59 Å². The van der Waals surface area contributed by atoms with Crippen molar-refractivity contribution in [2.75, 3.05) is 5.32 Å². The molecule has 18 heavy (non-hydrogen) atoms. The van der Waals surface area contributed by atoms with Gasteiger partial charge in [-0.25, -0.2) is 4.98 Å². The summed E-state index contributed by atoms with van der Waals surface area (Å²) in [6.07, 6.45) is 2.28. The van der Waals surface area contributed by atoms with Crippen molar-refractivity contribution < 1.29 is 14.7 Å². The van der Waals surface area contributed by atoms with E-state index in [2.05, 4.69) is 10.3 Å². The van der Waals surface area contributed by atoms with Gasteiger partial charge < -0.3 is 10.4 Å². The first-order valence-electron chi connectivity index (χ1n) is 5.87. The molecule has 2 N–H and O–H groups in total. The summed E-state index contributed by atoms with van der Waals surface area (Å²) in [6, 6.07) is 0. The van der Waals surface area contributed by atoms with Gasteiger partial charge >= 0.3 is 5.97 Å². The van der Waals surface area contributed by atoms with Gasteiger partial charge in [0.2, 0.25) is 5.91 Å². The first-order chi connectivity index (χ1) is 8.38. The second-order valence-corrected chi connectivity index (χ2v) is 6.12. The van der Waals surface area contributed by atoms with Crippen molar-refractivity contribution >= 4 is 28.3 Å². The van der Waals surface area contributed by atoms with E-state index in [-0.39, 0.29) is 12.3 Å². The SMILES string of the molecule is CC(C)(CC(=O)Nc1nc(C2CC2)cs1)C(=O)O. The number of carboxylic acid groups (broad SMARTS) is 1. The Morgan fingerprint density at radius 2 is 2.22 bits per heavy atom. The Balaban J connectivity index is 1.92. The number of hydrogen-bond acceptors (Lipinski definition) is 4. The molecule has 1 aliphatic carbocycles. The van der Waals surface area contributed by atoms with Crippen molar-refractivity contribution in [2.24, 2.45) is 5.41 Å². The van der Waals surface area contributed by atoms with E-state index < -0.39 is 11.4 Å². The van der Waals surface area contributed by atoms with E-state index in [1.165, 1.54) is 38.0 Å². The molecule has 0 radical (unpaired) electrons. The van der Waals surface area contributed by atoms with Crippen LogP contribution in [0.2, 0.25) is 0 Å². The summed E-state index contributed by atoms with van der Waals surface area (Å²) in [5.41, 5.74) is -0.0199. The normalized spacial score (nSPS) is 15.4. The number of carbonyl (C=O) groups is 2. The van der Waals surface area contributed by atoms with E-state index >= 15 is 0 Å². The highest BCUT2D eigenvalue weighted by molar-refractivity contribution is 7.13. The minimum atomic E-state index is -1.05. The van der Waals surface area contributed by atoms with Gasteiger partial charge in [-0.05, 0) is 26.7 Å². The summed E-state index contributed by atoms with van der Waals surface area (Å²) >= 11 is 1.39. The minimum Gasteiger partial charge on any atom is -0.481 e. The summed E-state index contributed by atoms with van der Waals surface area (Å²) < 4.78 is 0. The topological polar surface area (TPSA) is 79.3 Å². The van der Waals surface area contributed by atoms with Crippen LogP contribution < -0.4 is 5.32 Å². The number of anilines is 1. The van der Waals surface area contributed by atoms with Gasteiger partial charge in [0, 0.05) is 17.7 Å². The first-order valence-corrected chi connectivity index (χ1v) is 6.75. The number of amides is 1. The third-order valence-corrected chi connectivity index (χ3v) is 3.72. The van der Waals surface area contributed by atoms with Crippen LogP contribution in [0.4, 0.5) is 5.13 Å². The van der Waals surface area contributed by atoms with E-state index in [1.54, 1.807) is 0 Å². The maximum absolute atomic E-state index is 11.7. The molecule has 2 rings (SSSR count). The monoisotopic (exact) mass is 268 g/mol. The summed E-state index contributed by atoms with van der Waals surface area (Å²) in [7, 11) is 0. The summed E-state index contributed by atoms with van der Waals surface area (Å²) in [5, 5.41) is 14.1. The second kappa shape index (κ2) is 4.68. The van der Waals surface area contributed by atoms with Crippen LogP contribution in [0.5, 0.6) is 0 Å². The lowest BCUT2D eigenvalue weighted by molar-refractivity contribution is -0.148. The lowest BCUT2D eigenvalue weighted by Gasteiger charge is -2.17. The summed E-state index contributed by atoms with van der Waals surface area (Å²) in [4.78, 5) is 27.0. The number of hydrogen-bond donors (Lipinski definition) is 2. The highest BCUT2D eigenvalue weighted by Crippen LogP contribution is 2.40. The average molecular weight is 268 g/mol. The zero-order valence-electron chi connectivity index (χ0n) is 10.4. The molecule has 1 amide bonds.